The Morgan fingerprint density at radius 1 is 1.48 bits per heavy atom. The quantitative estimate of drug-likeness (QED) is 0.776. The molecule has 1 fully saturated rings. The summed E-state index contributed by atoms with van der Waals surface area (Å²) < 4.78 is 28.1. The molecule has 0 bridgehead atoms. The van der Waals surface area contributed by atoms with Crippen LogP contribution >= 0.6 is 11.6 Å². The molecule has 1 aliphatic rings. The van der Waals surface area contributed by atoms with Crippen molar-refractivity contribution in [2.45, 2.75) is 26.3 Å². The second-order valence-electron chi connectivity index (χ2n) is 5.55. The van der Waals surface area contributed by atoms with Crippen LogP contribution in [0.2, 0.25) is 0 Å². The summed E-state index contributed by atoms with van der Waals surface area (Å²) in [5, 5.41) is 0. The van der Waals surface area contributed by atoms with Crippen molar-refractivity contribution in [3.05, 3.63) is 29.6 Å². The SMILES string of the molecule is Cc1cccc(CN(C)S(=O)(=O)N2CCCC(CCl)C2)n1. The highest BCUT2D eigenvalue weighted by atomic mass is 35.5. The predicted octanol–water partition coefficient (Wildman–Crippen LogP) is 2.02. The Kier molecular flexibility index (Phi) is 5.60. The molecule has 1 aromatic rings. The summed E-state index contributed by atoms with van der Waals surface area (Å²) in [6, 6.07) is 5.63. The lowest BCUT2D eigenvalue weighted by molar-refractivity contribution is 0.264. The van der Waals surface area contributed by atoms with Gasteiger partial charge in [-0.1, -0.05) is 6.07 Å². The van der Waals surface area contributed by atoms with Gasteiger partial charge in [0.05, 0.1) is 12.2 Å². The molecule has 0 radical (unpaired) electrons. The van der Waals surface area contributed by atoms with Crippen molar-refractivity contribution in [3.63, 3.8) is 0 Å². The summed E-state index contributed by atoms with van der Waals surface area (Å²) in [6.07, 6.45) is 1.87. The van der Waals surface area contributed by atoms with Crippen LogP contribution in [-0.4, -0.2) is 48.0 Å². The van der Waals surface area contributed by atoms with Crippen molar-refractivity contribution in [3.8, 4) is 0 Å². The van der Waals surface area contributed by atoms with E-state index in [2.05, 4.69) is 4.98 Å². The molecule has 21 heavy (non-hydrogen) atoms. The van der Waals surface area contributed by atoms with Gasteiger partial charge in [0.25, 0.3) is 10.2 Å². The molecule has 2 rings (SSSR count). The molecule has 1 unspecified atom stereocenters. The number of alkyl halides is 1. The highest BCUT2D eigenvalue weighted by molar-refractivity contribution is 7.86. The lowest BCUT2D eigenvalue weighted by atomic mass is 10.0. The highest BCUT2D eigenvalue weighted by Crippen LogP contribution is 2.22. The molecular formula is C14H22ClN3O2S. The number of piperidine rings is 1. The van der Waals surface area contributed by atoms with Gasteiger partial charge in [0, 0.05) is 31.7 Å². The zero-order chi connectivity index (χ0) is 15.5. The first kappa shape index (κ1) is 16.7. The lowest BCUT2D eigenvalue weighted by Crippen LogP contribution is -2.46. The first-order chi connectivity index (χ1) is 9.93. The van der Waals surface area contributed by atoms with Gasteiger partial charge in [-0.25, -0.2) is 0 Å². The lowest BCUT2D eigenvalue weighted by Gasteiger charge is -2.33. The zero-order valence-electron chi connectivity index (χ0n) is 12.5. The average Bonchev–Trinajstić information content (AvgIpc) is 2.47. The molecule has 1 aromatic heterocycles. The monoisotopic (exact) mass is 331 g/mol. The maximum atomic E-state index is 12.6. The van der Waals surface area contributed by atoms with Crippen LogP contribution < -0.4 is 0 Å². The molecule has 0 amide bonds. The van der Waals surface area contributed by atoms with E-state index in [1.54, 1.807) is 11.4 Å². The Bertz CT molecular complexity index is 579. The maximum Gasteiger partial charge on any atom is 0.282 e. The van der Waals surface area contributed by atoms with Crippen LogP contribution in [0.1, 0.15) is 24.2 Å². The fourth-order valence-corrected chi connectivity index (χ4v) is 4.26. The third-order valence-corrected chi connectivity index (χ3v) is 6.09. The number of pyridine rings is 1. The summed E-state index contributed by atoms with van der Waals surface area (Å²) in [4.78, 5) is 4.36. The van der Waals surface area contributed by atoms with Crippen LogP contribution in [0.3, 0.4) is 0 Å². The minimum atomic E-state index is -3.45. The van der Waals surface area contributed by atoms with E-state index in [-0.39, 0.29) is 12.5 Å². The Morgan fingerprint density at radius 2 is 2.24 bits per heavy atom. The molecule has 118 valence electrons. The molecule has 1 saturated heterocycles. The summed E-state index contributed by atoms with van der Waals surface area (Å²) >= 11 is 5.88. The van der Waals surface area contributed by atoms with Gasteiger partial charge >= 0.3 is 0 Å². The Morgan fingerprint density at radius 3 is 2.90 bits per heavy atom. The van der Waals surface area contributed by atoms with Gasteiger partial charge in [0.15, 0.2) is 0 Å². The zero-order valence-corrected chi connectivity index (χ0v) is 14.1. The normalized spacial score (nSPS) is 20.9. The van der Waals surface area contributed by atoms with Crippen molar-refractivity contribution in [2.75, 3.05) is 26.0 Å². The van der Waals surface area contributed by atoms with Crippen molar-refractivity contribution < 1.29 is 8.42 Å². The van der Waals surface area contributed by atoms with Crippen LogP contribution in [0.4, 0.5) is 0 Å². The first-order valence-corrected chi connectivity index (χ1v) is 9.06. The predicted molar refractivity (Wildman–Crippen MR) is 84.4 cm³/mol. The van der Waals surface area contributed by atoms with Crippen LogP contribution in [0, 0.1) is 12.8 Å². The number of hydrogen-bond acceptors (Lipinski definition) is 3. The fraction of sp³-hybridized carbons (Fsp3) is 0.643. The van der Waals surface area contributed by atoms with Gasteiger partial charge in [-0.15, -0.1) is 11.6 Å². The van der Waals surface area contributed by atoms with Gasteiger partial charge in [-0.05, 0) is 37.8 Å². The molecule has 2 heterocycles. The van der Waals surface area contributed by atoms with Crippen LogP contribution in [0.15, 0.2) is 18.2 Å². The van der Waals surface area contributed by atoms with E-state index < -0.39 is 10.2 Å². The van der Waals surface area contributed by atoms with Crippen molar-refractivity contribution in [1.82, 2.24) is 13.6 Å². The molecule has 7 heteroatoms. The largest absolute Gasteiger partial charge is 0.282 e. The molecule has 0 N–H and O–H groups in total. The minimum absolute atomic E-state index is 0.251. The Balaban J connectivity index is 2.07. The molecule has 5 nitrogen and oxygen atoms in total. The van der Waals surface area contributed by atoms with Crippen molar-refractivity contribution in [1.29, 1.82) is 0 Å². The smallest absolute Gasteiger partial charge is 0.257 e. The van der Waals surface area contributed by atoms with E-state index in [0.29, 0.717) is 19.0 Å². The molecule has 1 aliphatic heterocycles. The molecular weight excluding hydrogens is 310 g/mol. The second kappa shape index (κ2) is 7.05. The molecule has 0 aromatic carbocycles. The third-order valence-electron chi connectivity index (χ3n) is 3.75. The maximum absolute atomic E-state index is 12.6. The van der Waals surface area contributed by atoms with Crippen molar-refractivity contribution in [2.24, 2.45) is 5.92 Å². The number of aryl methyl sites for hydroxylation is 1. The van der Waals surface area contributed by atoms with Crippen LogP contribution in [-0.2, 0) is 16.8 Å². The van der Waals surface area contributed by atoms with E-state index in [4.69, 9.17) is 11.6 Å². The fourth-order valence-electron chi connectivity index (χ4n) is 2.56. The Labute approximate surface area is 132 Å². The number of nitrogens with zero attached hydrogens (tertiary/aromatic N) is 3. The summed E-state index contributed by atoms with van der Waals surface area (Å²) in [5.74, 6) is 0.760. The Hall–Kier alpha value is -0.690. The second-order valence-corrected chi connectivity index (χ2v) is 7.90. The van der Waals surface area contributed by atoms with Gasteiger partial charge in [0.2, 0.25) is 0 Å². The van der Waals surface area contributed by atoms with E-state index in [1.165, 1.54) is 4.31 Å². The average molecular weight is 332 g/mol. The van der Waals surface area contributed by atoms with E-state index >= 15 is 0 Å². The topological polar surface area (TPSA) is 53.5 Å². The number of rotatable bonds is 5. The summed E-state index contributed by atoms with van der Waals surface area (Å²) in [6.45, 7) is 3.26. The first-order valence-electron chi connectivity index (χ1n) is 7.13. The van der Waals surface area contributed by atoms with Crippen LogP contribution in [0.25, 0.3) is 0 Å². The van der Waals surface area contributed by atoms with E-state index in [0.717, 1.165) is 24.2 Å². The van der Waals surface area contributed by atoms with E-state index in [9.17, 15) is 8.42 Å². The number of halogens is 1. The summed E-state index contributed by atoms with van der Waals surface area (Å²) in [5.41, 5.74) is 1.64. The van der Waals surface area contributed by atoms with Gasteiger partial charge in [-0.3, -0.25) is 4.98 Å². The minimum Gasteiger partial charge on any atom is -0.257 e. The molecule has 0 saturated carbocycles. The number of hydrogen-bond donors (Lipinski definition) is 0. The number of aromatic nitrogens is 1. The van der Waals surface area contributed by atoms with E-state index in [1.807, 2.05) is 25.1 Å². The molecule has 0 spiro atoms. The molecule has 1 atom stereocenters. The highest BCUT2D eigenvalue weighted by Gasteiger charge is 2.31. The summed E-state index contributed by atoms with van der Waals surface area (Å²) in [7, 11) is -1.85. The van der Waals surface area contributed by atoms with Crippen molar-refractivity contribution >= 4 is 21.8 Å². The van der Waals surface area contributed by atoms with Crippen LogP contribution in [0.5, 0.6) is 0 Å². The van der Waals surface area contributed by atoms with Gasteiger partial charge in [0.1, 0.15) is 0 Å². The standard InChI is InChI=1S/C14H22ClN3O2S/c1-12-5-3-7-14(16-12)11-17(2)21(19,20)18-8-4-6-13(9-15)10-18/h3,5,7,13H,4,6,8-11H2,1-2H3. The van der Waals surface area contributed by atoms with Gasteiger partial charge < -0.3 is 0 Å². The van der Waals surface area contributed by atoms with Gasteiger partial charge in [-0.2, -0.15) is 17.0 Å². The molecule has 0 aliphatic carbocycles. The third kappa shape index (κ3) is 4.16.